The summed E-state index contributed by atoms with van der Waals surface area (Å²) in [7, 11) is 3.73. The van der Waals surface area contributed by atoms with Gasteiger partial charge in [0.15, 0.2) is 11.5 Å². The van der Waals surface area contributed by atoms with Crippen LogP contribution in [-0.4, -0.2) is 61.2 Å². The summed E-state index contributed by atoms with van der Waals surface area (Å²) in [4.78, 5) is 64.8. The number of nitrogens with zero attached hydrogens (tertiary/aromatic N) is 1. The Bertz CT molecular complexity index is 1830. The van der Waals surface area contributed by atoms with E-state index in [0.717, 1.165) is 28.8 Å². The predicted octanol–water partition coefficient (Wildman–Crippen LogP) is 4.68. The number of methoxy groups -OCH3 is 1. The van der Waals surface area contributed by atoms with Gasteiger partial charge in [-0.1, -0.05) is 18.2 Å². The summed E-state index contributed by atoms with van der Waals surface area (Å²) in [6, 6.07) is 15.1. The third-order valence-electron chi connectivity index (χ3n) is 9.02. The van der Waals surface area contributed by atoms with E-state index in [1.807, 2.05) is 29.2 Å². The van der Waals surface area contributed by atoms with Gasteiger partial charge >= 0.3 is 0 Å². The van der Waals surface area contributed by atoms with Gasteiger partial charge in [-0.15, -0.1) is 0 Å². The van der Waals surface area contributed by atoms with Crippen molar-refractivity contribution in [3.8, 4) is 11.5 Å². The number of ether oxygens (including phenoxy) is 2. The summed E-state index contributed by atoms with van der Waals surface area (Å²) >= 11 is 0. The zero-order chi connectivity index (χ0) is 37.4. The van der Waals surface area contributed by atoms with Crippen LogP contribution in [0.1, 0.15) is 73.5 Å². The minimum Gasteiger partial charge on any atom is -0.493 e. The lowest BCUT2D eigenvalue weighted by molar-refractivity contribution is -0.130. The van der Waals surface area contributed by atoms with Crippen LogP contribution in [0.4, 0.5) is 17.1 Å². The fourth-order valence-electron chi connectivity index (χ4n) is 6.36. The third kappa shape index (κ3) is 9.45. The second kappa shape index (κ2) is 17.5. The molecule has 0 bridgehead atoms. The zero-order valence-electron chi connectivity index (χ0n) is 29.9. The maximum Gasteiger partial charge on any atom is 0.260 e. The van der Waals surface area contributed by atoms with Crippen molar-refractivity contribution in [1.82, 2.24) is 10.6 Å². The molecule has 0 aliphatic carbocycles. The van der Waals surface area contributed by atoms with E-state index in [9.17, 15) is 24.0 Å². The van der Waals surface area contributed by atoms with Crippen LogP contribution in [0.3, 0.4) is 0 Å². The lowest BCUT2D eigenvalue weighted by Crippen LogP contribution is -2.50. The van der Waals surface area contributed by atoms with Gasteiger partial charge < -0.3 is 45.0 Å². The van der Waals surface area contributed by atoms with E-state index in [0.29, 0.717) is 54.2 Å². The molecule has 52 heavy (non-hydrogen) atoms. The summed E-state index contributed by atoms with van der Waals surface area (Å²) in [5.74, 6) is -0.455. The Hall–Kier alpha value is -5.00. The molecule has 13 nitrogen and oxygen atoms in total. The number of ketones is 1. The van der Waals surface area contributed by atoms with Gasteiger partial charge in [0.05, 0.1) is 31.0 Å². The number of hydrogen-bond acceptors (Lipinski definition) is 9. The third-order valence-corrected chi connectivity index (χ3v) is 9.19. The number of unbranched alkanes of at least 4 members (excludes halogenated alkanes) is 1. The van der Waals surface area contributed by atoms with Gasteiger partial charge in [0.25, 0.3) is 5.91 Å². The number of Topliss-reactive ketones (excluding diaryl/α,β-unsaturated/α-hetero) is 1. The molecule has 2 aliphatic heterocycles. The first-order valence-electron chi connectivity index (χ1n) is 17.3. The molecule has 4 atom stereocenters. The molecule has 5 rings (SSSR count). The molecule has 0 saturated heterocycles. The monoisotopic (exact) mass is 731 g/mol. The smallest absolute Gasteiger partial charge is 0.260 e. The van der Waals surface area contributed by atoms with Crippen molar-refractivity contribution < 1.29 is 38.0 Å². The molecule has 2 aliphatic rings. The molecule has 0 fully saturated rings. The maximum absolute atomic E-state index is 13.8. The Morgan fingerprint density at radius 3 is 2.37 bits per heavy atom. The van der Waals surface area contributed by atoms with Gasteiger partial charge in [-0.05, 0) is 87.1 Å². The largest absolute Gasteiger partial charge is 0.493 e. The van der Waals surface area contributed by atoms with E-state index in [4.69, 9.17) is 14.0 Å². The molecule has 0 radical (unpaired) electrons. The molecule has 0 spiro atoms. The SMILES string of the molecule is COc1cc2c(cc1OCc1cc(COP)cc(NC(=O)[C@H](C)NC(=O)[C@H](C)NC(=O)CCCCC(C)=O)c1)NC[C@@H]1Cc3ccccc3N1C2=O. The fourth-order valence-corrected chi connectivity index (χ4v) is 6.56. The molecule has 276 valence electrons. The lowest BCUT2D eigenvalue weighted by atomic mass is 10.1. The van der Waals surface area contributed by atoms with Gasteiger partial charge in [0.1, 0.15) is 24.5 Å². The van der Waals surface area contributed by atoms with Crippen LogP contribution in [0.5, 0.6) is 11.5 Å². The van der Waals surface area contributed by atoms with Crippen LogP contribution in [0.15, 0.2) is 54.6 Å². The van der Waals surface area contributed by atoms with Gasteiger partial charge in [-0.25, -0.2) is 0 Å². The standard InChI is InChI=1S/C38H46N5O8P/c1-22(44)9-5-8-12-35(45)40-23(2)36(46)41-24(3)37(47)42-28-14-25(13-26(15-28)21-51-52)20-50-34-18-31-30(17-33(34)49-4)38(48)43-29(19-39-31)16-27-10-6-7-11-32(27)43/h6-7,10-11,13-15,17-18,23-24,29,39H,5,8-9,12,16,19-21,52H2,1-4H3,(H,40,45)(H,41,46)(H,42,47)/t23-,24-,29-/m0/s1. The van der Waals surface area contributed by atoms with Crippen LogP contribution in [-0.2, 0) is 43.3 Å². The number of amides is 4. The van der Waals surface area contributed by atoms with Crippen molar-refractivity contribution in [3.63, 3.8) is 0 Å². The first-order chi connectivity index (χ1) is 25.0. The summed E-state index contributed by atoms with van der Waals surface area (Å²) in [6.45, 7) is 5.53. The number of para-hydroxylation sites is 1. The zero-order valence-corrected chi connectivity index (χ0v) is 31.0. The average Bonchev–Trinajstić information content (AvgIpc) is 3.43. The van der Waals surface area contributed by atoms with E-state index < -0.39 is 23.9 Å². The number of benzene rings is 3. The van der Waals surface area contributed by atoms with Crippen molar-refractivity contribution in [1.29, 1.82) is 0 Å². The van der Waals surface area contributed by atoms with E-state index >= 15 is 0 Å². The first kappa shape index (κ1) is 38.2. The molecular weight excluding hydrogens is 685 g/mol. The molecule has 3 aromatic carbocycles. The van der Waals surface area contributed by atoms with Gasteiger partial charge in [0, 0.05) is 46.3 Å². The molecule has 2 heterocycles. The number of carbonyl (C=O) groups excluding carboxylic acids is 5. The summed E-state index contributed by atoms with van der Waals surface area (Å²) in [5.41, 5.74) is 5.18. The van der Waals surface area contributed by atoms with E-state index in [1.165, 1.54) is 14.0 Å². The van der Waals surface area contributed by atoms with Gasteiger partial charge in [-0.2, -0.15) is 0 Å². The molecule has 14 heteroatoms. The normalized spacial score (nSPS) is 15.5. The number of carbonyl (C=O) groups is 5. The quantitative estimate of drug-likeness (QED) is 0.121. The number of fused-ring (bicyclic) bond motifs is 4. The number of rotatable bonds is 16. The molecule has 0 aromatic heterocycles. The van der Waals surface area contributed by atoms with E-state index in [-0.39, 0.29) is 43.3 Å². The molecule has 3 aromatic rings. The average molecular weight is 732 g/mol. The first-order valence-corrected chi connectivity index (χ1v) is 17.8. The number of anilines is 3. The topological polar surface area (TPSA) is 164 Å². The van der Waals surface area contributed by atoms with Crippen LogP contribution in [0.25, 0.3) is 0 Å². The second-order valence-electron chi connectivity index (χ2n) is 13.1. The van der Waals surface area contributed by atoms with Crippen molar-refractivity contribution in [2.24, 2.45) is 0 Å². The Labute approximate surface area is 305 Å². The molecule has 0 saturated carbocycles. The Morgan fingerprint density at radius 2 is 1.63 bits per heavy atom. The van der Waals surface area contributed by atoms with Gasteiger partial charge in [0.2, 0.25) is 17.7 Å². The van der Waals surface area contributed by atoms with Gasteiger partial charge in [-0.3, -0.25) is 19.2 Å². The molecule has 4 amide bonds. The maximum atomic E-state index is 13.8. The van der Waals surface area contributed by atoms with Crippen LogP contribution < -0.4 is 35.6 Å². The Morgan fingerprint density at radius 1 is 0.923 bits per heavy atom. The highest BCUT2D eigenvalue weighted by molar-refractivity contribution is 7.09. The highest BCUT2D eigenvalue weighted by Gasteiger charge is 2.37. The number of hydrogen-bond donors (Lipinski definition) is 4. The predicted molar refractivity (Wildman–Crippen MR) is 200 cm³/mol. The second-order valence-corrected chi connectivity index (χ2v) is 13.5. The Balaban J connectivity index is 1.22. The summed E-state index contributed by atoms with van der Waals surface area (Å²) < 4.78 is 17.2. The Kier molecular flexibility index (Phi) is 12.9. The van der Waals surface area contributed by atoms with Crippen molar-refractivity contribution >= 4 is 55.9 Å². The van der Waals surface area contributed by atoms with Crippen LogP contribution in [0, 0.1) is 0 Å². The van der Waals surface area contributed by atoms with Crippen LogP contribution in [0.2, 0.25) is 0 Å². The van der Waals surface area contributed by atoms with Crippen LogP contribution >= 0.6 is 9.47 Å². The molecular formula is C38H46N5O8P. The van der Waals surface area contributed by atoms with E-state index in [1.54, 1.807) is 38.1 Å². The van der Waals surface area contributed by atoms with Crippen molar-refractivity contribution in [3.05, 3.63) is 76.9 Å². The highest BCUT2D eigenvalue weighted by Crippen LogP contribution is 2.40. The summed E-state index contributed by atoms with van der Waals surface area (Å²) in [5, 5.41) is 11.6. The number of nitrogens with one attached hydrogen (secondary N) is 4. The highest BCUT2D eigenvalue weighted by atomic mass is 31.0. The van der Waals surface area contributed by atoms with E-state index in [2.05, 4.69) is 36.8 Å². The minimum absolute atomic E-state index is 0.0108. The van der Waals surface area contributed by atoms with Crippen molar-refractivity contribution in [2.45, 2.75) is 84.2 Å². The molecule has 4 N–H and O–H groups in total. The van der Waals surface area contributed by atoms with Crippen molar-refractivity contribution in [2.75, 3.05) is 29.2 Å². The summed E-state index contributed by atoms with van der Waals surface area (Å²) in [6.07, 6.45) is 2.54. The molecule has 1 unspecified atom stereocenters. The fraction of sp³-hybridized carbons (Fsp3) is 0.395. The lowest BCUT2D eigenvalue weighted by Gasteiger charge is -2.22. The minimum atomic E-state index is -0.910.